The van der Waals surface area contributed by atoms with Gasteiger partial charge in [0.15, 0.2) is 0 Å². The van der Waals surface area contributed by atoms with Crippen LogP contribution in [0.2, 0.25) is 5.02 Å². The number of furan rings is 1. The average Bonchev–Trinajstić information content (AvgIpc) is 3.16. The number of benzene rings is 2. The van der Waals surface area contributed by atoms with Crippen LogP contribution in [0.3, 0.4) is 0 Å². The van der Waals surface area contributed by atoms with Crippen LogP contribution in [0.5, 0.6) is 0 Å². The Morgan fingerprint density at radius 1 is 1.24 bits per heavy atom. The molecule has 8 heteroatoms. The van der Waals surface area contributed by atoms with E-state index in [1.807, 2.05) is 25.1 Å². The van der Waals surface area contributed by atoms with E-state index in [-0.39, 0.29) is 22.0 Å². The van der Waals surface area contributed by atoms with Gasteiger partial charge in [-0.25, -0.2) is 0 Å². The van der Waals surface area contributed by atoms with Crippen molar-refractivity contribution < 1.29 is 14.1 Å². The molecule has 0 atom stereocenters. The number of carbonyl (C=O) groups is 1. The Hall–Kier alpha value is -3.89. The van der Waals surface area contributed by atoms with E-state index in [4.69, 9.17) is 16.0 Å². The molecule has 0 unspecified atom stereocenters. The minimum Gasteiger partial charge on any atom is -0.457 e. The summed E-state index contributed by atoms with van der Waals surface area (Å²) in [7, 11) is 0. The van der Waals surface area contributed by atoms with E-state index >= 15 is 0 Å². The first kappa shape index (κ1) is 19.9. The van der Waals surface area contributed by atoms with Crippen molar-refractivity contribution >= 4 is 35.0 Å². The first-order chi connectivity index (χ1) is 13.9. The Morgan fingerprint density at radius 2 is 2.00 bits per heavy atom. The van der Waals surface area contributed by atoms with Gasteiger partial charge in [0.1, 0.15) is 28.2 Å². The van der Waals surface area contributed by atoms with Crippen molar-refractivity contribution in [2.75, 3.05) is 5.32 Å². The summed E-state index contributed by atoms with van der Waals surface area (Å²) in [5.41, 5.74) is 1.53. The number of nitrogens with zero attached hydrogens (tertiary/aromatic N) is 2. The standard InChI is InChI=1S/C21H14ClN3O4/c1-13-4-2-3-5-18(13)24-21(26)15(12-23)10-16-7-9-20(29-16)14-6-8-17(22)19(11-14)25(27)28/h2-11H,1H3,(H,24,26). The van der Waals surface area contributed by atoms with E-state index in [1.165, 1.54) is 18.2 Å². The molecule has 0 bridgehead atoms. The zero-order valence-electron chi connectivity index (χ0n) is 15.2. The van der Waals surface area contributed by atoms with Gasteiger partial charge in [-0.15, -0.1) is 0 Å². The number of nitro groups is 1. The van der Waals surface area contributed by atoms with E-state index in [2.05, 4.69) is 5.32 Å². The minimum absolute atomic E-state index is 0.0186. The summed E-state index contributed by atoms with van der Waals surface area (Å²) < 4.78 is 5.63. The SMILES string of the molecule is Cc1ccccc1NC(=O)C(C#N)=Cc1ccc(-c2ccc(Cl)c([N+](=O)[O-])c2)o1. The Kier molecular flexibility index (Phi) is 5.77. The number of para-hydroxylation sites is 1. The second-order valence-electron chi connectivity index (χ2n) is 6.06. The number of rotatable bonds is 5. The zero-order chi connectivity index (χ0) is 21.0. The summed E-state index contributed by atoms with van der Waals surface area (Å²) in [6.45, 7) is 1.84. The number of carbonyl (C=O) groups excluding carboxylic acids is 1. The number of anilines is 1. The number of hydrogen-bond acceptors (Lipinski definition) is 5. The molecule has 0 saturated heterocycles. The third-order valence-electron chi connectivity index (χ3n) is 4.10. The number of halogens is 1. The first-order valence-electron chi connectivity index (χ1n) is 8.42. The molecular formula is C21H14ClN3O4. The van der Waals surface area contributed by atoms with Crippen molar-refractivity contribution in [1.29, 1.82) is 5.26 Å². The van der Waals surface area contributed by atoms with Gasteiger partial charge in [0.25, 0.3) is 11.6 Å². The van der Waals surface area contributed by atoms with Gasteiger partial charge < -0.3 is 9.73 Å². The fourth-order valence-corrected chi connectivity index (χ4v) is 2.77. The number of nitrogens with one attached hydrogen (secondary N) is 1. The molecule has 0 aliphatic heterocycles. The quantitative estimate of drug-likeness (QED) is 0.265. The van der Waals surface area contributed by atoms with Crippen molar-refractivity contribution in [2.24, 2.45) is 0 Å². The van der Waals surface area contributed by atoms with Crippen LogP contribution in [0, 0.1) is 28.4 Å². The number of aryl methyl sites for hydroxylation is 1. The lowest BCUT2D eigenvalue weighted by Gasteiger charge is -2.06. The van der Waals surface area contributed by atoms with Crippen LogP contribution in [0.15, 0.2) is 64.6 Å². The highest BCUT2D eigenvalue weighted by atomic mass is 35.5. The summed E-state index contributed by atoms with van der Waals surface area (Å²) in [6, 6.07) is 16.5. The first-order valence-corrected chi connectivity index (χ1v) is 8.80. The molecule has 0 aliphatic carbocycles. The predicted octanol–water partition coefficient (Wildman–Crippen LogP) is 5.36. The van der Waals surface area contributed by atoms with E-state index in [0.717, 1.165) is 5.56 Å². The monoisotopic (exact) mass is 407 g/mol. The molecule has 2 aromatic carbocycles. The van der Waals surface area contributed by atoms with Gasteiger partial charge in [-0.05, 0) is 42.8 Å². The van der Waals surface area contributed by atoms with E-state index < -0.39 is 10.8 Å². The summed E-state index contributed by atoms with van der Waals surface area (Å²) in [6.07, 6.45) is 1.31. The van der Waals surface area contributed by atoms with E-state index in [9.17, 15) is 20.2 Å². The molecular weight excluding hydrogens is 394 g/mol. The largest absolute Gasteiger partial charge is 0.457 e. The molecule has 3 aromatic rings. The maximum absolute atomic E-state index is 12.4. The molecule has 7 nitrogen and oxygen atoms in total. The summed E-state index contributed by atoms with van der Waals surface area (Å²) in [4.78, 5) is 22.9. The van der Waals surface area contributed by atoms with Crippen molar-refractivity contribution in [3.05, 3.63) is 86.6 Å². The van der Waals surface area contributed by atoms with Gasteiger partial charge in [0.2, 0.25) is 0 Å². The third-order valence-corrected chi connectivity index (χ3v) is 4.42. The van der Waals surface area contributed by atoms with Crippen LogP contribution in [0.4, 0.5) is 11.4 Å². The highest BCUT2D eigenvalue weighted by Crippen LogP contribution is 2.31. The van der Waals surface area contributed by atoms with Crippen LogP contribution in [0.25, 0.3) is 17.4 Å². The normalized spacial score (nSPS) is 11.0. The predicted molar refractivity (Wildman–Crippen MR) is 109 cm³/mol. The fourth-order valence-electron chi connectivity index (χ4n) is 2.59. The van der Waals surface area contributed by atoms with Crippen molar-refractivity contribution in [1.82, 2.24) is 0 Å². The summed E-state index contributed by atoms with van der Waals surface area (Å²) in [5.74, 6) is 0.0311. The molecule has 0 spiro atoms. The van der Waals surface area contributed by atoms with Crippen LogP contribution in [-0.4, -0.2) is 10.8 Å². The molecule has 29 heavy (non-hydrogen) atoms. The molecule has 1 heterocycles. The molecule has 144 valence electrons. The molecule has 0 radical (unpaired) electrons. The summed E-state index contributed by atoms with van der Waals surface area (Å²) in [5, 5.41) is 23.1. The van der Waals surface area contributed by atoms with Gasteiger partial charge in [0.05, 0.1) is 4.92 Å². The smallest absolute Gasteiger partial charge is 0.288 e. The number of nitriles is 1. The Labute approximate surface area is 171 Å². The molecule has 1 N–H and O–H groups in total. The fraction of sp³-hybridized carbons (Fsp3) is 0.0476. The molecule has 1 aromatic heterocycles. The van der Waals surface area contributed by atoms with Crippen molar-refractivity contribution in [3.8, 4) is 17.4 Å². The van der Waals surface area contributed by atoms with Crippen molar-refractivity contribution in [3.63, 3.8) is 0 Å². The lowest BCUT2D eigenvalue weighted by atomic mass is 10.1. The average molecular weight is 408 g/mol. The van der Waals surface area contributed by atoms with E-state index in [0.29, 0.717) is 17.0 Å². The molecule has 0 fully saturated rings. The highest BCUT2D eigenvalue weighted by molar-refractivity contribution is 6.32. The molecule has 1 amide bonds. The third kappa shape index (κ3) is 4.51. The Balaban J connectivity index is 1.85. The summed E-state index contributed by atoms with van der Waals surface area (Å²) >= 11 is 5.82. The molecule has 3 rings (SSSR count). The maximum Gasteiger partial charge on any atom is 0.288 e. The second-order valence-corrected chi connectivity index (χ2v) is 6.47. The van der Waals surface area contributed by atoms with Crippen LogP contribution in [-0.2, 0) is 4.79 Å². The zero-order valence-corrected chi connectivity index (χ0v) is 15.9. The maximum atomic E-state index is 12.4. The Morgan fingerprint density at radius 3 is 2.69 bits per heavy atom. The minimum atomic E-state index is -0.584. The van der Waals surface area contributed by atoms with Gasteiger partial charge in [0, 0.05) is 23.4 Å². The number of amides is 1. The highest BCUT2D eigenvalue weighted by Gasteiger charge is 2.16. The van der Waals surface area contributed by atoms with E-state index in [1.54, 1.807) is 30.3 Å². The second kappa shape index (κ2) is 8.42. The van der Waals surface area contributed by atoms with Crippen LogP contribution in [0.1, 0.15) is 11.3 Å². The van der Waals surface area contributed by atoms with Crippen LogP contribution < -0.4 is 5.32 Å². The molecule has 0 aliphatic rings. The van der Waals surface area contributed by atoms with Crippen molar-refractivity contribution in [2.45, 2.75) is 6.92 Å². The topological polar surface area (TPSA) is 109 Å². The molecule has 0 saturated carbocycles. The Bertz CT molecular complexity index is 1170. The lowest BCUT2D eigenvalue weighted by Crippen LogP contribution is -2.14. The lowest BCUT2D eigenvalue weighted by molar-refractivity contribution is -0.384. The van der Waals surface area contributed by atoms with Gasteiger partial charge in [-0.1, -0.05) is 29.8 Å². The van der Waals surface area contributed by atoms with Gasteiger partial charge in [-0.2, -0.15) is 5.26 Å². The van der Waals surface area contributed by atoms with Crippen LogP contribution >= 0.6 is 11.6 Å². The number of hydrogen-bond donors (Lipinski definition) is 1. The number of nitro benzene ring substituents is 1. The van der Waals surface area contributed by atoms with Gasteiger partial charge in [-0.3, -0.25) is 14.9 Å². The van der Waals surface area contributed by atoms with Gasteiger partial charge >= 0.3 is 0 Å².